The number of unbranched alkanes of at least 4 members (excludes halogenated alkanes) is 3. The maximum Gasteiger partial charge on any atom is 0.394 e. The molecule has 24 heteroatoms. The second-order valence-electron chi connectivity index (χ2n) is 19.4. The summed E-state index contributed by atoms with van der Waals surface area (Å²) in [6.07, 6.45) is 1.14. The lowest BCUT2D eigenvalue weighted by molar-refractivity contribution is -0.897. The number of aliphatic carboxylic acids is 2. The van der Waals surface area contributed by atoms with Crippen LogP contribution >= 0.6 is 0 Å². The van der Waals surface area contributed by atoms with Gasteiger partial charge in [-0.3, -0.25) is 4.79 Å². The van der Waals surface area contributed by atoms with E-state index in [4.69, 9.17) is 5.11 Å². The standard InChI is InChI=1S/C9H12F6O2.3C9H20N.C4H5F5O3S.C4H6F2O2.CH4/c1-2-7(10,11)4-9(14,15)5-8(12,13)3-6(16)17;3*1-3-4-7-10(2)8-5-6-9-10;5-3(6,1-4(7,8)9)2-13(10,11)12;1-4(5,6)2-3(7)8;/h2-5H2,1H3,(H,16,17);3*3-9H2,1-2H3;1-2H2,(H,10,11,12);2H2,1H3,(H,7,8);1H4/q;3*+1;;;/p-2. The van der Waals surface area contributed by atoms with Crippen LogP contribution in [0.3, 0.4) is 0 Å². The van der Waals surface area contributed by atoms with Crippen molar-refractivity contribution in [1.29, 1.82) is 0 Å². The van der Waals surface area contributed by atoms with E-state index < -0.39 is 102 Å². The number of hydrogen-bond acceptors (Lipinski definition) is 6. The molecule has 1 N–H and O–H groups in total. The van der Waals surface area contributed by atoms with Crippen molar-refractivity contribution in [2.75, 3.05) is 85.8 Å². The first-order valence-electron chi connectivity index (χ1n) is 23.3. The molecule has 0 amide bonds. The zero-order valence-electron chi connectivity index (χ0n) is 41.4. The Labute approximate surface area is 403 Å². The number of hydrogen-bond donors (Lipinski definition) is 1. The minimum Gasteiger partial charge on any atom is -0.748 e. The highest BCUT2D eigenvalue weighted by molar-refractivity contribution is 7.85. The van der Waals surface area contributed by atoms with E-state index in [1.165, 1.54) is 149 Å². The van der Waals surface area contributed by atoms with Gasteiger partial charge >= 0.3 is 12.1 Å². The first-order valence-corrected chi connectivity index (χ1v) is 24.9. The quantitative estimate of drug-likeness (QED) is 0.0687. The summed E-state index contributed by atoms with van der Waals surface area (Å²) in [4.78, 5) is 19.4. The van der Waals surface area contributed by atoms with E-state index in [0.29, 0.717) is 6.92 Å². The Balaban J connectivity index is -0.000000372. The topological polar surface area (TPSA) is 135 Å². The van der Waals surface area contributed by atoms with Crippen molar-refractivity contribution in [2.45, 2.75) is 193 Å². The van der Waals surface area contributed by atoms with Gasteiger partial charge in [0.1, 0.15) is 28.7 Å². The number of likely N-dealkylation sites (tertiary alicyclic amines) is 3. The molecular weight excluding hydrogens is 974 g/mol. The molecule has 3 aliphatic heterocycles. The number of carboxylic acid groups (broad SMARTS) is 2. The molecule has 69 heavy (non-hydrogen) atoms. The first kappa shape index (κ1) is 73.4. The molecule has 0 bridgehead atoms. The molecule has 3 aliphatic rings. The van der Waals surface area contributed by atoms with Gasteiger partial charge in [0, 0.05) is 50.9 Å². The zero-order valence-corrected chi connectivity index (χ0v) is 42.2. The van der Waals surface area contributed by atoms with Crippen molar-refractivity contribution in [3.8, 4) is 0 Å². The number of alkyl halides is 13. The summed E-state index contributed by atoms with van der Waals surface area (Å²) in [5.74, 6) is -26.0. The molecule has 10 nitrogen and oxygen atoms in total. The van der Waals surface area contributed by atoms with E-state index in [1.54, 1.807) is 0 Å². The zero-order chi connectivity index (χ0) is 54.0. The highest BCUT2D eigenvalue weighted by Gasteiger charge is 2.49. The van der Waals surface area contributed by atoms with Crippen LogP contribution in [0.15, 0.2) is 0 Å². The Morgan fingerprint density at radius 1 is 0.536 bits per heavy atom. The highest BCUT2D eigenvalue weighted by atomic mass is 32.2. The number of rotatable bonds is 21. The van der Waals surface area contributed by atoms with Crippen molar-refractivity contribution in [1.82, 2.24) is 0 Å². The summed E-state index contributed by atoms with van der Waals surface area (Å²) in [5.41, 5.74) is 0. The fourth-order valence-electron chi connectivity index (χ4n) is 7.67. The van der Waals surface area contributed by atoms with Crippen molar-refractivity contribution < 1.29 is 103 Å². The predicted octanol–water partition coefficient (Wildman–Crippen LogP) is 11.2. The monoisotopic (exact) mass is 1060 g/mol. The fourth-order valence-corrected chi connectivity index (χ4v) is 8.29. The summed E-state index contributed by atoms with van der Waals surface area (Å²) >= 11 is 0. The van der Waals surface area contributed by atoms with Gasteiger partial charge in [0.05, 0.1) is 99.3 Å². The SMILES string of the molecule is C.CC(F)(F)CC(=O)[O-].CCC(F)(F)CC(F)(F)CC(F)(F)CC(=O)O.CCCC[N+]1(C)CCCC1.CCCC[N+]1(C)CCCC1.CCCC[N+]1(C)CCCC1.O=S(=O)([O-])CC(F)(F)CC(F)(F)F. The molecular formula is C45H85F13N3O7S+. The van der Waals surface area contributed by atoms with E-state index in [1.807, 2.05) is 0 Å². The van der Waals surface area contributed by atoms with Gasteiger partial charge in [-0.2, -0.15) is 13.2 Å². The normalized spacial score (nSPS) is 17.7. The van der Waals surface area contributed by atoms with Gasteiger partial charge in [-0.05, 0) is 26.2 Å². The fraction of sp³-hybridized carbons (Fsp3) is 0.956. The minimum absolute atomic E-state index is 0. The van der Waals surface area contributed by atoms with Crippen LogP contribution in [-0.2, 0) is 19.7 Å². The van der Waals surface area contributed by atoms with Crippen LogP contribution in [0.2, 0.25) is 0 Å². The molecule has 3 rings (SSSR count). The molecule has 0 aromatic rings. The van der Waals surface area contributed by atoms with Crippen molar-refractivity contribution >= 4 is 22.1 Å². The van der Waals surface area contributed by atoms with Crippen molar-refractivity contribution in [2.24, 2.45) is 0 Å². The predicted molar refractivity (Wildman–Crippen MR) is 239 cm³/mol. The van der Waals surface area contributed by atoms with E-state index in [2.05, 4.69) is 41.9 Å². The lowest BCUT2D eigenvalue weighted by Gasteiger charge is -2.28. The van der Waals surface area contributed by atoms with Gasteiger partial charge in [-0.1, -0.05) is 54.4 Å². The first-order chi connectivity index (χ1) is 30.5. The van der Waals surface area contributed by atoms with E-state index in [9.17, 15) is 84.7 Å². The Bertz CT molecular complexity index is 1420. The summed E-state index contributed by atoms with van der Waals surface area (Å²) in [7, 11) is 1.86. The Kier molecular flexibility index (Phi) is 34.9. The van der Waals surface area contributed by atoms with Crippen LogP contribution in [-0.4, -0.2) is 165 Å². The molecule has 0 aliphatic carbocycles. The van der Waals surface area contributed by atoms with Crippen LogP contribution in [0, 0.1) is 0 Å². The number of carbonyl (C=O) groups is 2. The Morgan fingerprint density at radius 2 is 0.841 bits per heavy atom. The summed E-state index contributed by atoms with van der Waals surface area (Å²) in [5, 5.41) is 17.5. The third kappa shape index (κ3) is 45.4. The van der Waals surface area contributed by atoms with E-state index >= 15 is 0 Å². The number of nitrogens with zero attached hydrogens (tertiary/aromatic N) is 3. The van der Waals surface area contributed by atoms with E-state index in [0.717, 1.165) is 6.92 Å². The average Bonchev–Trinajstić information content (AvgIpc) is 3.87. The minimum atomic E-state index is -5.35. The second-order valence-corrected chi connectivity index (χ2v) is 20.8. The van der Waals surface area contributed by atoms with Gasteiger partial charge in [0.2, 0.25) is 0 Å². The van der Waals surface area contributed by atoms with Crippen LogP contribution < -0.4 is 5.11 Å². The van der Waals surface area contributed by atoms with Crippen LogP contribution in [0.1, 0.15) is 158 Å². The van der Waals surface area contributed by atoms with Crippen molar-refractivity contribution in [3.05, 3.63) is 0 Å². The van der Waals surface area contributed by atoms with Crippen LogP contribution in [0.25, 0.3) is 0 Å². The van der Waals surface area contributed by atoms with Crippen molar-refractivity contribution in [3.63, 3.8) is 0 Å². The lowest BCUT2D eigenvalue weighted by Crippen LogP contribution is -2.41. The average molecular weight is 1060 g/mol. The molecule has 3 fully saturated rings. The molecule has 0 unspecified atom stereocenters. The maximum atomic E-state index is 12.9. The molecule has 3 heterocycles. The van der Waals surface area contributed by atoms with Gasteiger partial charge in [-0.25, -0.2) is 52.3 Å². The molecule has 3 saturated heterocycles. The van der Waals surface area contributed by atoms with Crippen LogP contribution in [0.4, 0.5) is 57.1 Å². The maximum absolute atomic E-state index is 12.9. The number of halogens is 13. The Hall–Kier alpha value is -2.18. The second kappa shape index (κ2) is 32.8. The number of carbonyl (C=O) groups excluding carboxylic acids is 1. The summed E-state index contributed by atoms with van der Waals surface area (Å²) < 4.78 is 191. The highest BCUT2D eigenvalue weighted by Crippen LogP contribution is 2.40. The third-order valence-corrected chi connectivity index (χ3v) is 12.1. The molecule has 0 aromatic carbocycles. The van der Waals surface area contributed by atoms with Crippen LogP contribution in [0.5, 0.6) is 0 Å². The number of quaternary nitrogens is 3. The van der Waals surface area contributed by atoms with E-state index in [-0.39, 0.29) is 7.43 Å². The molecule has 0 aromatic heterocycles. The molecule has 0 spiro atoms. The van der Waals surface area contributed by atoms with Gasteiger partial charge in [0.15, 0.2) is 0 Å². The van der Waals surface area contributed by atoms with Gasteiger partial charge < -0.3 is 33.0 Å². The number of carboxylic acids is 2. The molecule has 0 saturated carbocycles. The van der Waals surface area contributed by atoms with Gasteiger partial charge in [0.25, 0.3) is 29.6 Å². The molecule has 0 radical (unpaired) electrons. The summed E-state index contributed by atoms with van der Waals surface area (Å²) in [6.45, 7) is 21.1. The molecule has 418 valence electrons. The largest absolute Gasteiger partial charge is 0.748 e. The smallest absolute Gasteiger partial charge is 0.394 e. The Morgan fingerprint density at radius 3 is 1.04 bits per heavy atom. The molecule has 0 atom stereocenters. The van der Waals surface area contributed by atoms with Gasteiger partial charge in [-0.15, -0.1) is 0 Å². The lowest BCUT2D eigenvalue weighted by atomic mass is 10.00. The summed E-state index contributed by atoms with van der Waals surface area (Å²) in [6, 6.07) is 0. The third-order valence-electron chi connectivity index (χ3n) is 11.4.